The molecule has 5 atom stereocenters. The minimum Gasteiger partial charge on any atom is -0.493 e. The number of piperidine rings is 1. The quantitative estimate of drug-likeness (QED) is 0.801. The maximum atomic E-state index is 6.55. The lowest BCUT2D eigenvalue weighted by atomic mass is 9.65. The summed E-state index contributed by atoms with van der Waals surface area (Å²) in [5, 5.41) is 0. The number of ether oxygens (including phenoxy) is 2. The second-order valence-electron chi connectivity index (χ2n) is 8.05. The van der Waals surface area contributed by atoms with Crippen LogP contribution in [0, 0.1) is 11.3 Å². The normalized spacial score (nSPS) is 44.3. The van der Waals surface area contributed by atoms with Crippen molar-refractivity contribution in [1.29, 1.82) is 0 Å². The fourth-order valence-corrected chi connectivity index (χ4v) is 7.31. The van der Waals surface area contributed by atoms with Crippen molar-refractivity contribution in [3.8, 4) is 11.5 Å². The first-order chi connectivity index (χ1) is 11.3. The molecule has 3 aliphatic carbocycles. The van der Waals surface area contributed by atoms with Gasteiger partial charge in [0.1, 0.15) is 6.10 Å². The molecule has 1 saturated heterocycles. The van der Waals surface area contributed by atoms with Crippen LogP contribution in [0.3, 0.4) is 0 Å². The molecule has 0 amide bonds. The zero-order valence-electron chi connectivity index (χ0n) is 13.7. The molecule has 2 unspecified atom stereocenters. The van der Waals surface area contributed by atoms with E-state index in [0.29, 0.717) is 23.0 Å². The maximum absolute atomic E-state index is 6.55. The highest BCUT2D eigenvalue weighted by molar-refractivity contribution is 5.67. The van der Waals surface area contributed by atoms with Gasteiger partial charge in [0.2, 0.25) is 0 Å². The Morgan fingerprint density at radius 2 is 2.39 bits per heavy atom. The monoisotopic (exact) mass is 309 g/mol. The second kappa shape index (κ2) is 3.77. The van der Waals surface area contributed by atoms with Crippen LogP contribution in [0.25, 0.3) is 0 Å². The van der Waals surface area contributed by atoms with Gasteiger partial charge in [-0.1, -0.05) is 12.1 Å². The predicted octanol–water partition coefficient (Wildman–Crippen LogP) is 2.92. The molecule has 2 spiro atoms. The third-order valence-electron chi connectivity index (χ3n) is 7.75. The smallest absolute Gasteiger partial charge is 0.165 e. The standard InChI is InChI=1S/C20H23NO2/c1-3-9-21-11-14-19-8-4-5-16-20(14,19)17-12(10-15(19)21)6-7-13(22-2)18(17)23-16/h3,6-7,14-16H,1,4-5,8-11H2,2H3/t14?,15-,16+,19?,20-/m0/s1. The SMILES string of the molecule is C=CCN1CC2C34CCC[C@H]5Oc6c(OC)ccc(c6[C@]253)C[C@H]14. The third kappa shape index (κ3) is 1.09. The van der Waals surface area contributed by atoms with Crippen molar-refractivity contribution in [2.75, 3.05) is 20.2 Å². The molecule has 120 valence electrons. The van der Waals surface area contributed by atoms with Gasteiger partial charge >= 0.3 is 0 Å². The average Bonchev–Trinajstić information content (AvgIpc) is 2.84. The van der Waals surface area contributed by atoms with E-state index in [-0.39, 0.29) is 0 Å². The summed E-state index contributed by atoms with van der Waals surface area (Å²) in [7, 11) is 1.77. The van der Waals surface area contributed by atoms with Gasteiger partial charge < -0.3 is 9.47 Å². The molecular formula is C20H23NO2. The van der Waals surface area contributed by atoms with Gasteiger partial charge in [0, 0.05) is 35.5 Å². The zero-order valence-corrected chi connectivity index (χ0v) is 13.7. The van der Waals surface area contributed by atoms with Gasteiger partial charge in [0.25, 0.3) is 0 Å². The molecular weight excluding hydrogens is 286 g/mol. The van der Waals surface area contributed by atoms with E-state index in [1.54, 1.807) is 12.7 Å². The summed E-state index contributed by atoms with van der Waals surface area (Å²) in [6.07, 6.45) is 7.55. The number of likely N-dealkylation sites (tertiary alicyclic amines) is 1. The highest BCUT2D eigenvalue weighted by Gasteiger charge is 2.89. The fraction of sp³-hybridized carbons (Fsp3) is 0.600. The molecule has 0 aromatic heterocycles. The lowest BCUT2D eigenvalue weighted by molar-refractivity contribution is 0.0611. The Kier molecular flexibility index (Phi) is 2.11. The predicted molar refractivity (Wildman–Crippen MR) is 88.1 cm³/mol. The van der Waals surface area contributed by atoms with E-state index in [1.807, 2.05) is 0 Å². The average molecular weight is 309 g/mol. The summed E-state index contributed by atoms with van der Waals surface area (Å²) in [5.41, 5.74) is 3.84. The molecule has 1 aromatic rings. The molecule has 0 N–H and O–H groups in total. The van der Waals surface area contributed by atoms with Gasteiger partial charge in [0.15, 0.2) is 11.5 Å². The Balaban J connectivity index is 1.60. The number of benzene rings is 1. The lowest BCUT2D eigenvalue weighted by Crippen LogP contribution is -2.52. The number of rotatable bonds is 3. The summed E-state index contributed by atoms with van der Waals surface area (Å²) < 4.78 is 12.2. The Morgan fingerprint density at radius 3 is 3.22 bits per heavy atom. The number of hydrogen-bond acceptors (Lipinski definition) is 3. The fourth-order valence-electron chi connectivity index (χ4n) is 7.31. The number of nitrogens with zero attached hydrogens (tertiary/aromatic N) is 1. The minimum absolute atomic E-state index is 0.311. The van der Waals surface area contributed by atoms with Crippen molar-refractivity contribution >= 4 is 0 Å². The van der Waals surface area contributed by atoms with Crippen LogP contribution in [0.1, 0.15) is 30.4 Å². The van der Waals surface area contributed by atoms with Crippen molar-refractivity contribution in [1.82, 2.24) is 4.90 Å². The highest BCUT2D eigenvalue weighted by Crippen LogP contribution is 2.86. The van der Waals surface area contributed by atoms with Crippen LogP contribution in [-0.2, 0) is 11.8 Å². The molecule has 2 aliphatic heterocycles. The van der Waals surface area contributed by atoms with Crippen LogP contribution in [0.5, 0.6) is 11.5 Å². The molecule has 2 saturated carbocycles. The van der Waals surface area contributed by atoms with Gasteiger partial charge in [-0.05, 0) is 43.2 Å². The maximum Gasteiger partial charge on any atom is 0.165 e. The van der Waals surface area contributed by atoms with Gasteiger partial charge in [-0.15, -0.1) is 6.58 Å². The van der Waals surface area contributed by atoms with Crippen molar-refractivity contribution in [3.63, 3.8) is 0 Å². The van der Waals surface area contributed by atoms with Crippen molar-refractivity contribution in [2.24, 2.45) is 11.3 Å². The van der Waals surface area contributed by atoms with Crippen LogP contribution < -0.4 is 9.47 Å². The molecule has 5 aliphatic rings. The van der Waals surface area contributed by atoms with E-state index in [9.17, 15) is 0 Å². The first kappa shape index (κ1) is 12.9. The van der Waals surface area contributed by atoms with Crippen LogP contribution in [0.2, 0.25) is 0 Å². The summed E-state index contributed by atoms with van der Waals surface area (Å²) in [6.45, 7) is 6.24. The molecule has 0 bridgehead atoms. The third-order valence-corrected chi connectivity index (χ3v) is 7.75. The molecule has 3 fully saturated rings. The van der Waals surface area contributed by atoms with E-state index in [1.165, 1.54) is 37.8 Å². The van der Waals surface area contributed by atoms with E-state index in [0.717, 1.165) is 24.0 Å². The van der Waals surface area contributed by atoms with E-state index in [2.05, 4.69) is 29.7 Å². The van der Waals surface area contributed by atoms with Crippen LogP contribution in [0.15, 0.2) is 24.8 Å². The topological polar surface area (TPSA) is 21.7 Å². The van der Waals surface area contributed by atoms with Gasteiger partial charge in [-0.25, -0.2) is 0 Å². The van der Waals surface area contributed by atoms with Crippen molar-refractivity contribution in [2.45, 2.75) is 43.2 Å². The summed E-state index contributed by atoms with van der Waals surface area (Å²) in [4.78, 5) is 2.69. The Morgan fingerprint density at radius 1 is 1.48 bits per heavy atom. The second-order valence-corrected chi connectivity index (χ2v) is 8.05. The lowest BCUT2D eigenvalue weighted by Gasteiger charge is -2.45. The van der Waals surface area contributed by atoms with Gasteiger partial charge in [0.05, 0.1) is 7.11 Å². The zero-order chi connectivity index (χ0) is 15.4. The Hall–Kier alpha value is -1.48. The summed E-state index contributed by atoms with van der Waals surface area (Å²) in [6, 6.07) is 5.10. The van der Waals surface area contributed by atoms with E-state index >= 15 is 0 Å². The molecule has 3 nitrogen and oxygen atoms in total. The molecule has 2 heterocycles. The first-order valence-corrected chi connectivity index (χ1v) is 9.01. The largest absolute Gasteiger partial charge is 0.493 e. The molecule has 1 aromatic carbocycles. The Labute approximate surface area is 137 Å². The van der Waals surface area contributed by atoms with Crippen molar-refractivity contribution in [3.05, 3.63) is 35.9 Å². The first-order valence-electron chi connectivity index (χ1n) is 9.01. The summed E-state index contributed by atoms with van der Waals surface area (Å²) >= 11 is 0. The molecule has 23 heavy (non-hydrogen) atoms. The Bertz CT molecular complexity index is 743. The molecule has 6 rings (SSSR count). The molecule has 3 heteroatoms. The van der Waals surface area contributed by atoms with E-state index < -0.39 is 0 Å². The molecule has 0 radical (unpaired) electrons. The van der Waals surface area contributed by atoms with Gasteiger partial charge in [-0.2, -0.15) is 0 Å². The van der Waals surface area contributed by atoms with Crippen LogP contribution in [-0.4, -0.2) is 37.2 Å². The van der Waals surface area contributed by atoms with Crippen molar-refractivity contribution < 1.29 is 9.47 Å². The van der Waals surface area contributed by atoms with Crippen LogP contribution >= 0.6 is 0 Å². The highest BCUT2D eigenvalue weighted by atomic mass is 16.5. The minimum atomic E-state index is 0.311. The summed E-state index contributed by atoms with van der Waals surface area (Å²) in [5.74, 6) is 2.80. The number of hydrogen-bond donors (Lipinski definition) is 0. The van der Waals surface area contributed by atoms with Crippen LogP contribution in [0.4, 0.5) is 0 Å². The number of methoxy groups -OCH3 is 1. The van der Waals surface area contributed by atoms with Gasteiger partial charge in [-0.3, -0.25) is 4.90 Å². The van der Waals surface area contributed by atoms with E-state index in [4.69, 9.17) is 9.47 Å².